The third-order valence-electron chi connectivity index (χ3n) is 1.96. The van der Waals surface area contributed by atoms with E-state index in [0.29, 0.717) is 0 Å². The standard InChI is InChI=1S/C10H21N/c1-4-5-6-7-9(2)8-10(3)11/h9,11H,4-8H2,1-3H3/t9-/m1/s1. The van der Waals surface area contributed by atoms with Gasteiger partial charge in [-0.05, 0) is 19.3 Å². The Morgan fingerprint density at radius 3 is 2.45 bits per heavy atom. The van der Waals surface area contributed by atoms with Crippen molar-refractivity contribution in [3.63, 3.8) is 0 Å². The van der Waals surface area contributed by atoms with Gasteiger partial charge in [0.15, 0.2) is 0 Å². The Hall–Kier alpha value is -0.330. The van der Waals surface area contributed by atoms with Crippen LogP contribution in [0, 0.1) is 11.3 Å². The molecular formula is C10H21N. The lowest BCUT2D eigenvalue weighted by molar-refractivity contribution is 0.509. The topological polar surface area (TPSA) is 23.9 Å². The minimum Gasteiger partial charge on any atom is -0.310 e. The molecule has 0 spiro atoms. The Morgan fingerprint density at radius 2 is 2.00 bits per heavy atom. The predicted octanol–water partition coefficient (Wildman–Crippen LogP) is 3.63. The molecule has 0 radical (unpaired) electrons. The number of nitrogens with one attached hydrogen (secondary N) is 1. The van der Waals surface area contributed by atoms with Gasteiger partial charge in [-0.15, -0.1) is 0 Å². The van der Waals surface area contributed by atoms with Gasteiger partial charge in [0.05, 0.1) is 0 Å². The molecule has 66 valence electrons. The normalized spacial score (nSPS) is 13.0. The van der Waals surface area contributed by atoms with Gasteiger partial charge >= 0.3 is 0 Å². The van der Waals surface area contributed by atoms with E-state index in [1.807, 2.05) is 6.92 Å². The zero-order valence-corrected chi connectivity index (χ0v) is 8.11. The maximum atomic E-state index is 7.31. The average molecular weight is 155 g/mol. The lowest BCUT2D eigenvalue weighted by Crippen LogP contribution is -2.00. The van der Waals surface area contributed by atoms with Gasteiger partial charge in [-0.3, -0.25) is 0 Å². The van der Waals surface area contributed by atoms with Crippen molar-refractivity contribution in [3.05, 3.63) is 0 Å². The summed E-state index contributed by atoms with van der Waals surface area (Å²) in [6, 6.07) is 0. The molecule has 0 fully saturated rings. The zero-order chi connectivity index (χ0) is 8.69. The molecule has 0 unspecified atom stereocenters. The molecule has 0 aliphatic heterocycles. The molecule has 1 heteroatoms. The van der Waals surface area contributed by atoms with Gasteiger partial charge in [0.1, 0.15) is 0 Å². The van der Waals surface area contributed by atoms with Gasteiger partial charge in [-0.2, -0.15) is 0 Å². The molecule has 0 saturated carbocycles. The highest BCUT2D eigenvalue weighted by Crippen LogP contribution is 2.12. The Bertz CT molecular complexity index is 107. The van der Waals surface area contributed by atoms with E-state index >= 15 is 0 Å². The van der Waals surface area contributed by atoms with Crippen molar-refractivity contribution in [1.82, 2.24) is 0 Å². The van der Waals surface area contributed by atoms with Gasteiger partial charge in [0, 0.05) is 5.71 Å². The lowest BCUT2D eigenvalue weighted by atomic mass is 9.98. The van der Waals surface area contributed by atoms with Crippen LogP contribution < -0.4 is 0 Å². The van der Waals surface area contributed by atoms with Crippen molar-refractivity contribution in [2.75, 3.05) is 0 Å². The van der Waals surface area contributed by atoms with E-state index in [1.165, 1.54) is 25.7 Å². The minimum absolute atomic E-state index is 0.721. The second-order valence-electron chi connectivity index (χ2n) is 3.59. The van der Waals surface area contributed by atoms with E-state index in [0.717, 1.165) is 18.1 Å². The minimum atomic E-state index is 0.721. The summed E-state index contributed by atoms with van der Waals surface area (Å²) < 4.78 is 0. The smallest absolute Gasteiger partial charge is 0.00608 e. The van der Waals surface area contributed by atoms with Crippen molar-refractivity contribution >= 4 is 5.71 Å². The molecule has 0 aliphatic carbocycles. The SMILES string of the molecule is CCCCC[C@@H](C)CC(C)=N. The van der Waals surface area contributed by atoms with Crippen LogP contribution in [0.15, 0.2) is 0 Å². The summed E-state index contributed by atoms with van der Waals surface area (Å²) in [4.78, 5) is 0. The first kappa shape index (κ1) is 10.7. The molecule has 0 aliphatic rings. The molecule has 0 aromatic heterocycles. The third kappa shape index (κ3) is 7.57. The van der Waals surface area contributed by atoms with E-state index in [9.17, 15) is 0 Å². The summed E-state index contributed by atoms with van der Waals surface area (Å²) in [5, 5.41) is 7.31. The van der Waals surface area contributed by atoms with Crippen LogP contribution in [0.1, 0.15) is 52.9 Å². The molecule has 0 heterocycles. The Balaban J connectivity index is 3.22. The molecule has 0 aromatic rings. The van der Waals surface area contributed by atoms with Crippen LogP contribution in [0.4, 0.5) is 0 Å². The average Bonchev–Trinajstić information content (AvgIpc) is 1.86. The summed E-state index contributed by atoms with van der Waals surface area (Å²) in [5.74, 6) is 0.721. The highest BCUT2D eigenvalue weighted by atomic mass is 14.4. The Labute approximate surface area is 70.7 Å². The summed E-state index contributed by atoms with van der Waals surface area (Å²) in [7, 11) is 0. The molecule has 0 amide bonds. The van der Waals surface area contributed by atoms with E-state index < -0.39 is 0 Å². The molecule has 0 rings (SSSR count). The molecule has 1 nitrogen and oxygen atoms in total. The first-order valence-electron chi connectivity index (χ1n) is 4.70. The molecule has 0 saturated heterocycles. The van der Waals surface area contributed by atoms with Crippen LogP contribution in [0.2, 0.25) is 0 Å². The lowest BCUT2D eigenvalue weighted by Gasteiger charge is -2.08. The van der Waals surface area contributed by atoms with Crippen molar-refractivity contribution in [3.8, 4) is 0 Å². The Morgan fingerprint density at radius 1 is 1.36 bits per heavy atom. The fourth-order valence-electron chi connectivity index (χ4n) is 1.37. The second kappa shape index (κ2) is 6.38. The quantitative estimate of drug-likeness (QED) is 0.447. The fourth-order valence-corrected chi connectivity index (χ4v) is 1.37. The van der Waals surface area contributed by atoms with Gasteiger partial charge < -0.3 is 5.41 Å². The van der Waals surface area contributed by atoms with Crippen LogP contribution in [0.25, 0.3) is 0 Å². The molecular weight excluding hydrogens is 134 g/mol. The number of rotatable bonds is 6. The molecule has 0 aromatic carbocycles. The van der Waals surface area contributed by atoms with E-state index in [2.05, 4.69) is 13.8 Å². The van der Waals surface area contributed by atoms with Crippen molar-refractivity contribution < 1.29 is 0 Å². The van der Waals surface area contributed by atoms with Gasteiger partial charge in [-0.25, -0.2) is 0 Å². The highest BCUT2D eigenvalue weighted by molar-refractivity contribution is 5.78. The van der Waals surface area contributed by atoms with Crippen LogP contribution in [0.3, 0.4) is 0 Å². The summed E-state index contributed by atoms with van der Waals surface area (Å²) in [6.07, 6.45) is 6.27. The fraction of sp³-hybridized carbons (Fsp3) is 0.900. The Kier molecular flexibility index (Phi) is 6.19. The predicted molar refractivity (Wildman–Crippen MR) is 51.3 cm³/mol. The molecule has 11 heavy (non-hydrogen) atoms. The first-order chi connectivity index (χ1) is 5.16. The first-order valence-corrected chi connectivity index (χ1v) is 4.70. The third-order valence-corrected chi connectivity index (χ3v) is 1.96. The summed E-state index contributed by atoms with van der Waals surface area (Å²) in [5.41, 5.74) is 0.828. The zero-order valence-electron chi connectivity index (χ0n) is 8.11. The highest BCUT2D eigenvalue weighted by Gasteiger charge is 2.01. The maximum absolute atomic E-state index is 7.31. The van der Waals surface area contributed by atoms with Gasteiger partial charge in [0.25, 0.3) is 0 Å². The van der Waals surface area contributed by atoms with Crippen LogP contribution >= 0.6 is 0 Å². The van der Waals surface area contributed by atoms with E-state index in [4.69, 9.17) is 5.41 Å². The molecule has 1 N–H and O–H groups in total. The maximum Gasteiger partial charge on any atom is 0.00608 e. The van der Waals surface area contributed by atoms with Crippen molar-refractivity contribution in [1.29, 1.82) is 5.41 Å². The van der Waals surface area contributed by atoms with Crippen LogP contribution in [0.5, 0.6) is 0 Å². The van der Waals surface area contributed by atoms with Crippen LogP contribution in [-0.2, 0) is 0 Å². The number of unbranched alkanes of at least 4 members (excludes halogenated alkanes) is 2. The monoisotopic (exact) mass is 155 g/mol. The molecule has 1 atom stereocenters. The van der Waals surface area contributed by atoms with Crippen LogP contribution in [-0.4, -0.2) is 5.71 Å². The van der Waals surface area contributed by atoms with Crippen molar-refractivity contribution in [2.45, 2.75) is 52.9 Å². The number of hydrogen-bond donors (Lipinski definition) is 1. The van der Waals surface area contributed by atoms with E-state index in [1.54, 1.807) is 0 Å². The van der Waals surface area contributed by atoms with E-state index in [-0.39, 0.29) is 0 Å². The summed E-state index contributed by atoms with van der Waals surface area (Å²) >= 11 is 0. The largest absolute Gasteiger partial charge is 0.310 e. The van der Waals surface area contributed by atoms with Crippen molar-refractivity contribution in [2.24, 2.45) is 5.92 Å². The number of hydrogen-bond acceptors (Lipinski definition) is 1. The van der Waals surface area contributed by atoms with Gasteiger partial charge in [-0.1, -0.05) is 39.5 Å². The molecule has 0 bridgehead atoms. The second-order valence-corrected chi connectivity index (χ2v) is 3.59. The summed E-state index contributed by atoms with van der Waals surface area (Å²) in [6.45, 7) is 6.37. The van der Waals surface area contributed by atoms with Gasteiger partial charge in [0.2, 0.25) is 0 Å².